The maximum absolute atomic E-state index is 13.3. The highest BCUT2D eigenvalue weighted by Gasteiger charge is 2.53. The number of aromatic nitrogens is 6. The van der Waals surface area contributed by atoms with Crippen LogP contribution in [-0.2, 0) is 49.9 Å². The van der Waals surface area contributed by atoms with Crippen LogP contribution in [0.3, 0.4) is 0 Å². The molecule has 0 saturated carbocycles. The summed E-state index contributed by atoms with van der Waals surface area (Å²) >= 11 is 0. The van der Waals surface area contributed by atoms with E-state index in [1.807, 2.05) is 18.2 Å². The third kappa shape index (κ3) is 8.42. The molecule has 0 radical (unpaired) electrons. The van der Waals surface area contributed by atoms with Gasteiger partial charge in [0.25, 0.3) is 0 Å². The fraction of sp³-hybridized carbons (Fsp3) is 0.455. The molecule has 6 aliphatic rings. The molecule has 3 heterocycles. The molecular weight excluding hydrogens is 925 g/mol. The van der Waals surface area contributed by atoms with Gasteiger partial charge < -0.3 is 0 Å². The number of carbonyl (C=O) groups excluding carboxylic acids is 3. The van der Waals surface area contributed by atoms with Crippen LogP contribution >= 0.6 is 0 Å². The van der Waals surface area contributed by atoms with Crippen LogP contribution in [0, 0.1) is 37.0 Å². The van der Waals surface area contributed by atoms with Gasteiger partial charge in [-0.1, -0.05) is 170 Å². The number of aryl methyl sites for hydroxylation is 3. The molecule has 0 aliphatic heterocycles. The van der Waals surface area contributed by atoms with Crippen molar-refractivity contribution < 1.29 is 14.4 Å². The number of hydrogen-bond donors (Lipinski definition) is 3. The molecule has 3 atom stereocenters. The van der Waals surface area contributed by atoms with Crippen LogP contribution in [0.4, 0.5) is 0 Å². The number of allylic oxidation sites excluding steroid dienone is 6. The van der Waals surface area contributed by atoms with E-state index in [4.69, 9.17) is 0 Å². The SMILES string of the molecule is CCC1(c2ccccc2)C2=C(Cc3n[nH]c(C)c31)CC(C)(C)CC2=O.CC[C@@]1(c2ccccc2)C2=C(Cc3n[nH]c(C)c31)CC(C)(C)CC2=O.CC[C@]1(c2ccccc2)C2=C(Cc3n[nH]c(C)c31)CC(C)(C)CC2=O. The minimum absolute atomic E-state index is 0.0366. The van der Waals surface area contributed by atoms with E-state index in [2.05, 4.69) is 186 Å². The molecule has 9 nitrogen and oxygen atoms in total. The zero-order valence-corrected chi connectivity index (χ0v) is 46.7. The van der Waals surface area contributed by atoms with Crippen LogP contribution in [-0.4, -0.2) is 47.9 Å². The van der Waals surface area contributed by atoms with Crippen molar-refractivity contribution in [2.45, 2.75) is 176 Å². The first kappa shape index (κ1) is 52.0. The fourth-order valence-corrected chi connectivity index (χ4v) is 15.6. The van der Waals surface area contributed by atoms with Crippen LogP contribution in [0.25, 0.3) is 0 Å². The number of carbonyl (C=O) groups is 3. The van der Waals surface area contributed by atoms with Crippen LogP contribution in [0.1, 0.15) is 188 Å². The van der Waals surface area contributed by atoms with Crippen molar-refractivity contribution in [1.82, 2.24) is 30.6 Å². The summed E-state index contributed by atoms with van der Waals surface area (Å²) in [6.07, 6.45) is 9.86. The third-order valence-corrected chi connectivity index (χ3v) is 18.1. The molecule has 75 heavy (non-hydrogen) atoms. The Balaban J connectivity index is 0.000000128. The Bertz CT molecular complexity index is 2970. The van der Waals surface area contributed by atoms with Gasteiger partial charge in [0.15, 0.2) is 17.3 Å². The van der Waals surface area contributed by atoms with Crippen molar-refractivity contribution in [2.75, 3.05) is 0 Å². The number of rotatable bonds is 6. The van der Waals surface area contributed by atoms with Gasteiger partial charge in [0.2, 0.25) is 0 Å². The topological polar surface area (TPSA) is 137 Å². The first-order chi connectivity index (χ1) is 35.7. The highest BCUT2D eigenvalue weighted by Crippen LogP contribution is 2.57. The number of nitrogens with zero attached hydrogens (tertiary/aromatic N) is 3. The number of Topliss-reactive ketones (excluding diaryl/α,β-unsaturated/α-hetero) is 3. The Morgan fingerprint density at radius 2 is 0.627 bits per heavy atom. The van der Waals surface area contributed by atoms with Crippen LogP contribution in [0.5, 0.6) is 0 Å². The van der Waals surface area contributed by atoms with E-state index in [9.17, 15) is 14.4 Å². The van der Waals surface area contributed by atoms with Crippen LogP contribution in [0.2, 0.25) is 0 Å². The number of benzene rings is 3. The van der Waals surface area contributed by atoms with Gasteiger partial charge in [-0.3, -0.25) is 29.7 Å². The molecule has 0 bridgehead atoms. The number of aromatic amines is 3. The summed E-state index contributed by atoms with van der Waals surface area (Å²) in [6.45, 7) is 26.1. The van der Waals surface area contributed by atoms with Crippen molar-refractivity contribution in [2.24, 2.45) is 16.2 Å². The molecule has 0 amide bonds. The van der Waals surface area contributed by atoms with Gasteiger partial charge in [-0.05, 0) is 92.2 Å². The molecule has 9 heteroatoms. The zero-order chi connectivity index (χ0) is 53.5. The Hall–Kier alpha value is -6.48. The van der Waals surface area contributed by atoms with Crippen molar-refractivity contribution >= 4 is 17.3 Å². The smallest absolute Gasteiger partial charge is 0.160 e. The summed E-state index contributed by atoms with van der Waals surface area (Å²) in [5, 5.41) is 23.4. The monoisotopic (exact) mass is 1000 g/mol. The zero-order valence-electron chi connectivity index (χ0n) is 46.7. The van der Waals surface area contributed by atoms with Crippen LogP contribution < -0.4 is 0 Å². The lowest BCUT2D eigenvalue weighted by Gasteiger charge is -2.45. The molecule has 1 unspecified atom stereocenters. The van der Waals surface area contributed by atoms with E-state index < -0.39 is 0 Å². The second-order valence-electron chi connectivity index (χ2n) is 25.2. The van der Waals surface area contributed by atoms with Gasteiger partial charge >= 0.3 is 0 Å². The lowest BCUT2D eigenvalue weighted by molar-refractivity contribution is -0.119. The van der Waals surface area contributed by atoms with E-state index in [0.29, 0.717) is 36.6 Å². The quantitative estimate of drug-likeness (QED) is 0.152. The summed E-state index contributed by atoms with van der Waals surface area (Å²) in [6, 6.07) is 31.6. The number of ketones is 3. The van der Waals surface area contributed by atoms with Gasteiger partial charge in [0, 0.05) is 89.0 Å². The average molecular weight is 1000 g/mol. The van der Waals surface area contributed by atoms with Crippen molar-refractivity contribution in [3.63, 3.8) is 0 Å². The number of H-pyrrole nitrogens is 3. The maximum atomic E-state index is 13.3. The minimum atomic E-state index is -0.366. The molecule has 390 valence electrons. The van der Waals surface area contributed by atoms with E-state index in [0.717, 1.165) is 109 Å². The predicted molar refractivity (Wildman–Crippen MR) is 299 cm³/mol. The van der Waals surface area contributed by atoms with Crippen molar-refractivity contribution in [3.05, 3.63) is 192 Å². The molecule has 6 aliphatic carbocycles. The van der Waals surface area contributed by atoms with Gasteiger partial charge in [-0.2, -0.15) is 15.3 Å². The highest BCUT2D eigenvalue weighted by atomic mass is 16.1. The molecule has 3 aromatic heterocycles. The predicted octanol–water partition coefficient (Wildman–Crippen LogP) is 14.0. The Kier molecular flexibility index (Phi) is 13.1. The summed E-state index contributed by atoms with van der Waals surface area (Å²) in [5.41, 5.74) is 20.0. The summed E-state index contributed by atoms with van der Waals surface area (Å²) < 4.78 is 0. The molecule has 6 aromatic rings. The number of nitrogens with one attached hydrogen (secondary N) is 3. The summed E-state index contributed by atoms with van der Waals surface area (Å²) in [7, 11) is 0. The number of hydrogen-bond acceptors (Lipinski definition) is 6. The van der Waals surface area contributed by atoms with E-state index in [1.165, 1.54) is 50.1 Å². The summed E-state index contributed by atoms with van der Waals surface area (Å²) in [5.74, 6) is 0.967. The molecule has 0 saturated heterocycles. The van der Waals surface area contributed by atoms with Crippen LogP contribution in [0.15, 0.2) is 124 Å². The molecule has 0 fully saturated rings. The fourth-order valence-electron chi connectivity index (χ4n) is 15.6. The molecule has 3 N–H and O–H groups in total. The lowest BCUT2D eigenvalue weighted by atomic mass is 9.56. The first-order valence-corrected chi connectivity index (χ1v) is 27.7. The lowest BCUT2D eigenvalue weighted by Crippen LogP contribution is -2.42. The normalized spacial score (nSPS) is 24.9. The van der Waals surface area contributed by atoms with E-state index in [-0.39, 0.29) is 32.5 Å². The largest absolute Gasteiger partial charge is 0.294 e. The standard InChI is InChI=1S/3C22H26N2O/c3*1-5-22(16-9-7-6-8-10-16)19-14(2)23-24-17(19)11-15-12-21(3,4)13-18(25)20(15)22/h3*6-10H,5,11-13H2,1-4H3,(H,23,24)/t2*22-;/m10./s1. The second-order valence-corrected chi connectivity index (χ2v) is 25.2. The van der Waals surface area contributed by atoms with Gasteiger partial charge in [-0.25, -0.2) is 0 Å². The van der Waals surface area contributed by atoms with Crippen molar-refractivity contribution in [3.8, 4) is 0 Å². The Morgan fingerprint density at radius 1 is 0.387 bits per heavy atom. The third-order valence-electron chi connectivity index (χ3n) is 18.1. The van der Waals surface area contributed by atoms with E-state index in [1.54, 1.807) is 0 Å². The highest BCUT2D eigenvalue weighted by molar-refractivity contribution is 6.03. The second kappa shape index (κ2) is 19.0. The Morgan fingerprint density at radius 3 is 0.853 bits per heavy atom. The maximum Gasteiger partial charge on any atom is 0.160 e. The number of fused-ring (bicyclic) bond motifs is 3. The van der Waals surface area contributed by atoms with E-state index >= 15 is 0 Å². The average Bonchev–Trinajstić information content (AvgIpc) is 4.07. The van der Waals surface area contributed by atoms with Gasteiger partial charge in [-0.15, -0.1) is 0 Å². The van der Waals surface area contributed by atoms with Gasteiger partial charge in [0.05, 0.1) is 33.3 Å². The van der Waals surface area contributed by atoms with Crippen molar-refractivity contribution in [1.29, 1.82) is 0 Å². The molecule has 3 aromatic carbocycles. The first-order valence-electron chi connectivity index (χ1n) is 27.7. The minimum Gasteiger partial charge on any atom is -0.294 e. The van der Waals surface area contributed by atoms with Gasteiger partial charge in [0.1, 0.15) is 0 Å². The molecule has 12 rings (SSSR count). The molecule has 0 spiro atoms. The molecular formula is C66H78N6O3. The Labute approximate surface area is 445 Å². The summed E-state index contributed by atoms with van der Waals surface area (Å²) in [4.78, 5) is 40.0.